The van der Waals surface area contributed by atoms with E-state index in [0.717, 1.165) is 16.3 Å². The molecule has 168 valence electrons. The number of carbonyl (C=O) groups excluding carboxylic acids is 3. The van der Waals surface area contributed by atoms with Crippen LogP contribution in [0.3, 0.4) is 0 Å². The van der Waals surface area contributed by atoms with Crippen LogP contribution in [0.1, 0.15) is 17.5 Å². The van der Waals surface area contributed by atoms with E-state index in [2.05, 4.69) is 29.7 Å². The Kier molecular flexibility index (Phi) is 9.87. The van der Waals surface area contributed by atoms with Crippen molar-refractivity contribution in [3.8, 4) is 0 Å². The predicted octanol–water partition coefficient (Wildman–Crippen LogP) is 2.75. The summed E-state index contributed by atoms with van der Waals surface area (Å²) in [4.78, 5) is 35.1. The summed E-state index contributed by atoms with van der Waals surface area (Å²) >= 11 is 0. The first-order valence-electron chi connectivity index (χ1n) is 10.3. The number of rotatable bonds is 7. The van der Waals surface area contributed by atoms with Gasteiger partial charge in [-0.1, -0.05) is 78.4 Å². The first kappa shape index (κ1) is 24.6. The highest BCUT2D eigenvalue weighted by Gasteiger charge is 2.22. The van der Waals surface area contributed by atoms with Crippen LogP contribution in [-0.4, -0.2) is 36.5 Å². The largest absolute Gasteiger partial charge is 0.358 e. The molecule has 0 aliphatic heterocycles. The quantitative estimate of drug-likeness (QED) is 0.338. The van der Waals surface area contributed by atoms with E-state index in [1.807, 2.05) is 60.7 Å². The second-order valence-corrected chi connectivity index (χ2v) is 7.37. The maximum atomic E-state index is 12.3. The summed E-state index contributed by atoms with van der Waals surface area (Å²) in [6.07, 6.45) is 0.140. The third-order valence-electron chi connectivity index (χ3n) is 4.87. The molecule has 0 bridgehead atoms. The fourth-order valence-electron chi connectivity index (χ4n) is 3.11. The molecule has 0 radical (unpaired) electrons. The molecule has 0 aliphatic rings. The van der Waals surface area contributed by atoms with E-state index in [0.29, 0.717) is 6.42 Å². The van der Waals surface area contributed by atoms with Crippen LogP contribution < -0.4 is 16.1 Å². The summed E-state index contributed by atoms with van der Waals surface area (Å²) < 4.78 is 0. The lowest BCUT2D eigenvalue weighted by atomic mass is 9.93. The molecule has 4 N–H and O–H groups in total. The van der Waals surface area contributed by atoms with Gasteiger partial charge < -0.3 is 10.6 Å². The van der Waals surface area contributed by atoms with Gasteiger partial charge in [-0.05, 0) is 29.7 Å². The van der Waals surface area contributed by atoms with Crippen molar-refractivity contribution in [2.24, 2.45) is 5.92 Å². The molecule has 0 unspecified atom stereocenters. The molecular formula is C25H29N3O4. The Hall–Kier alpha value is -3.71. The van der Waals surface area contributed by atoms with Crippen molar-refractivity contribution in [1.82, 2.24) is 16.1 Å². The molecule has 0 fully saturated rings. The second kappa shape index (κ2) is 12.9. The van der Waals surface area contributed by atoms with E-state index >= 15 is 0 Å². The van der Waals surface area contributed by atoms with Gasteiger partial charge in [-0.2, -0.15) is 0 Å². The summed E-state index contributed by atoms with van der Waals surface area (Å²) in [6.45, 7) is 1.92. The fourth-order valence-corrected chi connectivity index (χ4v) is 3.11. The Labute approximate surface area is 187 Å². The highest BCUT2D eigenvalue weighted by molar-refractivity contribution is 5.89. The van der Waals surface area contributed by atoms with Crippen LogP contribution in [0.4, 0.5) is 0 Å². The van der Waals surface area contributed by atoms with Crippen molar-refractivity contribution in [1.29, 1.82) is 0 Å². The molecule has 0 heterocycles. The zero-order valence-corrected chi connectivity index (χ0v) is 18.3. The smallest absolute Gasteiger partial charge is 0.244 e. The molecule has 3 aromatic rings. The Balaban J connectivity index is 0.000000439. The van der Waals surface area contributed by atoms with Gasteiger partial charge in [-0.3, -0.25) is 19.6 Å². The summed E-state index contributed by atoms with van der Waals surface area (Å²) in [7, 11) is 1.47. The lowest BCUT2D eigenvalue weighted by Gasteiger charge is -2.16. The molecule has 7 heteroatoms. The molecule has 32 heavy (non-hydrogen) atoms. The average Bonchev–Trinajstić information content (AvgIpc) is 2.82. The van der Waals surface area contributed by atoms with Crippen LogP contribution in [0.2, 0.25) is 0 Å². The number of carbonyl (C=O) groups is 3. The van der Waals surface area contributed by atoms with Crippen molar-refractivity contribution in [2.75, 3.05) is 13.6 Å². The first-order valence-corrected chi connectivity index (χ1v) is 10.3. The number of fused-ring (bicyclic) bond motifs is 1. The predicted molar refractivity (Wildman–Crippen MR) is 124 cm³/mol. The fraction of sp³-hybridized carbons (Fsp3) is 0.240. The zero-order valence-electron chi connectivity index (χ0n) is 18.3. The number of hydrogen-bond acceptors (Lipinski definition) is 4. The van der Waals surface area contributed by atoms with Gasteiger partial charge in [-0.15, -0.1) is 0 Å². The molecule has 3 amide bonds. The molecule has 1 atom stereocenters. The van der Waals surface area contributed by atoms with E-state index in [9.17, 15) is 14.4 Å². The molecule has 3 rings (SSSR count). The number of hydrogen-bond donors (Lipinski definition) is 4. The van der Waals surface area contributed by atoms with Gasteiger partial charge >= 0.3 is 0 Å². The number of nitrogens with one attached hydrogen (secondary N) is 3. The molecule has 0 saturated carbocycles. The van der Waals surface area contributed by atoms with E-state index < -0.39 is 17.7 Å². The number of likely N-dealkylation sites (N-methyl/N-ethyl adjacent to an activating group) is 1. The van der Waals surface area contributed by atoms with Crippen molar-refractivity contribution in [3.63, 3.8) is 0 Å². The number of aryl methyl sites for hydroxylation is 1. The van der Waals surface area contributed by atoms with Gasteiger partial charge in [0.05, 0.1) is 12.5 Å². The monoisotopic (exact) mass is 435 g/mol. The highest BCUT2D eigenvalue weighted by Crippen LogP contribution is 2.19. The summed E-state index contributed by atoms with van der Waals surface area (Å²) in [5.74, 6) is -2.09. The van der Waals surface area contributed by atoms with Gasteiger partial charge in [0.15, 0.2) is 0 Å². The van der Waals surface area contributed by atoms with Gasteiger partial charge in [0, 0.05) is 13.5 Å². The molecule has 0 aliphatic carbocycles. The van der Waals surface area contributed by atoms with E-state index in [4.69, 9.17) is 5.21 Å². The van der Waals surface area contributed by atoms with Crippen molar-refractivity contribution < 1.29 is 19.6 Å². The summed E-state index contributed by atoms with van der Waals surface area (Å²) in [6, 6.07) is 23.9. The topological polar surface area (TPSA) is 108 Å². The van der Waals surface area contributed by atoms with Crippen molar-refractivity contribution >= 4 is 28.5 Å². The van der Waals surface area contributed by atoms with Crippen LogP contribution in [0, 0.1) is 12.8 Å². The van der Waals surface area contributed by atoms with Gasteiger partial charge in [0.2, 0.25) is 17.7 Å². The minimum Gasteiger partial charge on any atom is -0.358 e. The highest BCUT2D eigenvalue weighted by atomic mass is 16.5. The van der Waals surface area contributed by atoms with E-state index in [1.54, 1.807) is 5.48 Å². The third kappa shape index (κ3) is 8.20. The molecule has 3 aromatic carbocycles. The summed E-state index contributed by atoms with van der Waals surface area (Å²) in [5.41, 5.74) is 3.76. The minimum atomic E-state index is -0.696. The lowest BCUT2D eigenvalue weighted by molar-refractivity contribution is -0.135. The maximum Gasteiger partial charge on any atom is 0.244 e. The van der Waals surface area contributed by atoms with Crippen molar-refractivity contribution in [2.45, 2.75) is 19.8 Å². The van der Waals surface area contributed by atoms with E-state index in [-0.39, 0.29) is 18.9 Å². The molecule has 0 aromatic heterocycles. The minimum absolute atomic E-state index is 0.162. The van der Waals surface area contributed by atoms with Gasteiger partial charge in [0.1, 0.15) is 0 Å². The van der Waals surface area contributed by atoms with Gasteiger partial charge in [0.25, 0.3) is 0 Å². The summed E-state index contributed by atoms with van der Waals surface area (Å²) in [5, 5.41) is 15.8. The Morgan fingerprint density at radius 3 is 2.12 bits per heavy atom. The standard InChI is InChI=1S/C18H21N3O4.C7H8/c1-19-17(23)11-20-18(24)15(10-16(22)21-25)9-12-6-7-13-4-2-3-5-14(13)8-12;1-7-5-3-2-4-6-7/h2-8,15,25H,9-11H2,1H3,(H,19,23)(H,20,24)(H,21,22);2-6H,1H3/t15-;/m1./s1. The molecule has 0 saturated heterocycles. The lowest BCUT2D eigenvalue weighted by Crippen LogP contribution is -2.40. The zero-order chi connectivity index (χ0) is 23.3. The number of amides is 3. The second-order valence-electron chi connectivity index (χ2n) is 7.37. The van der Waals surface area contributed by atoms with Crippen LogP contribution in [0.15, 0.2) is 72.8 Å². The van der Waals surface area contributed by atoms with Crippen molar-refractivity contribution in [3.05, 3.63) is 83.9 Å². The maximum absolute atomic E-state index is 12.3. The Morgan fingerprint density at radius 2 is 1.53 bits per heavy atom. The average molecular weight is 436 g/mol. The Bertz CT molecular complexity index is 1040. The van der Waals surface area contributed by atoms with Crippen LogP contribution >= 0.6 is 0 Å². The third-order valence-corrected chi connectivity index (χ3v) is 4.87. The molecule has 7 nitrogen and oxygen atoms in total. The van der Waals surface area contributed by atoms with Crippen LogP contribution in [-0.2, 0) is 20.8 Å². The van der Waals surface area contributed by atoms with Gasteiger partial charge in [-0.25, -0.2) is 5.48 Å². The van der Waals surface area contributed by atoms with Crippen LogP contribution in [0.25, 0.3) is 10.8 Å². The first-order chi connectivity index (χ1) is 15.4. The SMILES string of the molecule is CNC(=O)CNC(=O)[C@@H](CC(=O)NO)Cc1ccc2ccccc2c1.Cc1ccccc1. The normalized spacial score (nSPS) is 11.0. The molecule has 0 spiro atoms. The van der Waals surface area contributed by atoms with E-state index in [1.165, 1.54) is 12.6 Å². The number of hydroxylamine groups is 1. The number of benzene rings is 3. The van der Waals surface area contributed by atoms with Crippen LogP contribution in [0.5, 0.6) is 0 Å². The Morgan fingerprint density at radius 1 is 0.875 bits per heavy atom. The molecular weight excluding hydrogens is 406 g/mol.